The first-order valence-electron chi connectivity index (χ1n) is 8.59. The minimum atomic E-state index is -0.172. The molecular weight excluding hydrogens is 288 g/mol. The Kier molecular flexibility index (Phi) is 6.22. The number of aromatic nitrogens is 1. The summed E-state index contributed by atoms with van der Waals surface area (Å²) in [7, 11) is 0. The molecule has 2 aromatic rings. The number of hydrogen-bond acceptors (Lipinski definition) is 3. The van der Waals surface area contributed by atoms with Crippen LogP contribution in [-0.2, 0) is 11.2 Å². The molecule has 0 aliphatic rings. The van der Waals surface area contributed by atoms with Crippen LogP contribution in [0.15, 0.2) is 24.4 Å². The predicted octanol–water partition coefficient (Wildman–Crippen LogP) is 4.15. The van der Waals surface area contributed by atoms with Gasteiger partial charge in [0.1, 0.15) is 5.75 Å². The van der Waals surface area contributed by atoms with Gasteiger partial charge in [-0.1, -0.05) is 13.8 Å². The molecule has 0 aliphatic carbocycles. The molecule has 126 valence electrons. The molecule has 4 heteroatoms. The molecule has 23 heavy (non-hydrogen) atoms. The zero-order valence-corrected chi connectivity index (χ0v) is 14.7. The minimum absolute atomic E-state index is 0.172. The summed E-state index contributed by atoms with van der Waals surface area (Å²) < 4.78 is 5.35. The third-order valence-corrected chi connectivity index (χ3v) is 4.23. The Morgan fingerprint density at radius 2 is 2.09 bits per heavy atom. The van der Waals surface area contributed by atoms with Gasteiger partial charge in [-0.25, -0.2) is 0 Å². The second-order valence-corrected chi connectivity index (χ2v) is 6.22. The van der Waals surface area contributed by atoms with E-state index in [1.807, 2.05) is 25.1 Å². The van der Waals surface area contributed by atoms with Crippen molar-refractivity contribution in [2.45, 2.75) is 53.0 Å². The summed E-state index contributed by atoms with van der Waals surface area (Å²) in [4.78, 5) is 17.3. The number of rotatable bonds is 8. The number of nitrogens with zero attached hydrogens (tertiary/aromatic N) is 1. The smallest absolute Gasteiger partial charge is 0.311 e. The molecule has 1 aromatic heterocycles. The van der Waals surface area contributed by atoms with Crippen LogP contribution in [0.2, 0.25) is 0 Å². The Bertz CT molecular complexity index is 646. The number of H-pyrrole nitrogens is 1. The van der Waals surface area contributed by atoms with E-state index in [1.165, 1.54) is 10.9 Å². The normalized spacial score (nSPS) is 11.6. The first-order valence-corrected chi connectivity index (χ1v) is 8.59. The Balaban J connectivity index is 2.08. The SMILES string of the molecule is CCCC(=O)Oc1ccc2c(CCN(CC)C(C)C)c[nH]c2c1. The van der Waals surface area contributed by atoms with Crippen molar-refractivity contribution in [1.29, 1.82) is 0 Å². The summed E-state index contributed by atoms with van der Waals surface area (Å²) in [5, 5.41) is 1.21. The average molecular weight is 316 g/mol. The van der Waals surface area contributed by atoms with E-state index in [2.05, 4.69) is 36.9 Å². The van der Waals surface area contributed by atoms with Crippen molar-refractivity contribution < 1.29 is 9.53 Å². The third-order valence-electron chi connectivity index (χ3n) is 4.23. The number of carbonyl (C=O) groups excluding carboxylic acids is 1. The highest BCUT2D eigenvalue weighted by Crippen LogP contribution is 2.24. The summed E-state index contributed by atoms with van der Waals surface area (Å²) in [6.45, 7) is 10.8. The van der Waals surface area contributed by atoms with Crippen LogP contribution >= 0.6 is 0 Å². The number of fused-ring (bicyclic) bond motifs is 1. The lowest BCUT2D eigenvalue weighted by molar-refractivity contribution is -0.134. The predicted molar refractivity (Wildman–Crippen MR) is 94.9 cm³/mol. The van der Waals surface area contributed by atoms with Gasteiger partial charge in [-0.2, -0.15) is 0 Å². The summed E-state index contributed by atoms with van der Waals surface area (Å²) in [6, 6.07) is 6.40. The van der Waals surface area contributed by atoms with Gasteiger partial charge in [-0.3, -0.25) is 4.79 Å². The van der Waals surface area contributed by atoms with Crippen LogP contribution in [0.25, 0.3) is 10.9 Å². The molecule has 0 saturated carbocycles. The van der Waals surface area contributed by atoms with Gasteiger partial charge in [0, 0.05) is 42.2 Å². The maximum Gasteiger partial charge on any atom is 0.311 e. The molecule has 1 aromatic carbocycles. The Morgan fingerprint density at radius 1 is 1.30 bits per heavy atom. The Labute approximate surface area is 138 Å². The lowest BCUT2D eigenvalue weighted by Gasteiger charge is -2.24. The zero-order chi connectivity index (χ0) is 16.8. The molecule has 0 amide bonds. The van der Waals surface area contributed by atoms with Gasteiger partial charge in [0.2, 0.25) is 0 Å². The van der Waals surface area contributed by atoms with Crippen molar-refractivity contribution in [3.8, 4) is 5.75 Å². The number of carbonyl (C=O) groups is 1. The lowest BCUT2D eigenvalue weighted by atomic mass is 10.1. The number of benzene rings is 1. The van der Waals surface area contributed by atoms with Gasteiger partial charge in [0.15, 0.2) is 0 Å². The van der Waals surface area contributed by atoms with Crippen molar-refractivity contribution in [3.05, 3.63) is 30.0 Å². The number of esters is 1. The molecule has 0 atom stereocenters. The number of ether oxygens (including phenoxy) is 1. The summed E-state index contributed by atoms with van der Waals surface area (Å²) in [6.07, 6.45) is 4.34. The van der Waals surface area contributed by atoms with Crippen LogP contribution in [0.4, 0.5) is 0 Å². The molecule has 0 spiro atoms. The molecule has 0 bridgehead atoms. The number of hydrogen-bond donors (Lipinski definition) is 1. The quantitative estimate of drug-likeness (QED) is 0.588. The minimum Gasteiger partial charge on any atom is -0.426 e. The second kappa shape index (κ2) is 8.16. The van der Waals surface area contributed by atoms with E-state index >= 15 is 0 Å². The van der Waals surface area contributed by atoms with Crippen molar-refractivity contribution in [2.24, 2.45) is 0 Å². The molecule has 4 nitrogen and oxygen atoms in total. The third kappa shape index (κ3) is 4.58. The Morgan fingerprint density at radius 3 is 2.74 bits per heavy atom. The maximum absolute atomic E-state index is 11.6. The van der Waals surface area contributed by atoms with Gasteiger partial charge in [0.25, 0.3) is 0 Å². The van der Waals surface area contributed by atoms with Crippen LogP contribution in [0.5, 0.6) is 5.75 Å². The molecule has 1 heterocycles. The second-order valence-electron chi connectivity index (χ2n) is 6.22. The van der Waals surface area contributed by atoms with E-state index in [4.69, 9.17) is 4.74 Å². The van der Waals surface area contributed by atoms with Crippen LogP contribution in [0.1, 0.15) is 46.1 Å². The highest BCUT2D eigenvalue weighted by Gasteiger charge is 2.11. The van der Waals surface area contributed by atoms with Gasteiger partial charge >= 0.3 is 5.97 Å². The highest BCUT2D eigenvalue weighted by atomic mass is 16.5. The van der Waals surface area contributed by atoms with Gasteiger partial charge in [-0.05, 0) is 50.9 Å². The van der Waals surface area contributed by atoms with Crippen LogP contribution in [0.3, 0.4) is 0 Å². The molecule has 0 saturated heterocycles. The fourth-order valence-electron chi connectivity index (χ4n) is 2.87. The first-order chi connectivity index (χ1) is 11.0. The van der Waals surface area contributed by atoms with Crippen molar-refractivity contribution in [1.82, 2.24) is 9.88 Å². The van der Waals surface area contributed by atoms with Crippen molar-refractivity contribution in [2.75, 3.05) is 13.1 Å². The van der Waals surface area contributed by atoms with E-state index in [0.29, 0.717) is 18.2 Å². The first kappa shape index (κ1) is 17.5. The average Bonchev–Trinajstić information content (AvgIpc) is 2.90. The van der Waals surface area contributed by atoms with E-state index in [9.17, 15) is 4.79 Å². The van der Waals surface area contributed by atoms with Crippen molar-refractivity contribution >= 4 is 16.9 Å². The summed E-state index contributed by atoms with van der Waals surface area (Å²) >= 11 is 0. The fraction of sp³-hybridized carbons (Fsp3) is 0.526. The van der Waals surface area contributed by atoms with Crippen molar-refractivity contribution in [3.63, 3.8) is 0 Å². The number of aromatic amines is 1. The van der Waals surface area contributed by atoms with Crippen LogP contribution < -0.4 is 4.74 Å². The summed E-state index contributed by atoms with van der Waals surface area (Å²) in [5.41, 5.74) is 2.33. The molecular formula is C19H28N2O2. The molecule has 0 radical (unpaired) electrons. The fourth-order valence-corrected chi connectivity index (χ4v) is 2.87. The monoisotopic (exact) mass is 316 g/mol. The molecule has 0 aliphatic heterocycles. The van der Waals surface area contributed by atoms with Gasteiger partial charge in [0.05, 0.1) is 0 Å². The lowest BCUT2D eigenvalue weighted by Crippen LogP contribution is -2.32. The van der Waals surface area contributed by atoms with Gasteiger partial charge in [-0.15, -0.1) is 0 Å². The zero-order valence-electron chi connectivity index (χ0n) is 14.7. The molecule has 0 unspecified atom stereocenters. The maximum atomic E-state index is 11.6. The van der Waals surface area contributed by atoms with Gasteiger partial charge < -0.3 is 14.6 Å². The topological polar surface area (TPSA) is 45.3 Å². The largest absolute Gasteiger partial charge is 0.426 e. The summed E-state index contributed by atoms with van der Waals surface area (Å²) in [5.74, 6) is 0.441. The van der Waals surface area contributed by atoms with E-state index in [1.54, 1.807) is 0 Å². The number of nitrogens with one attached hydrogen (secondary N) is 1. The molecule has 0 fully saturated rings. The number of likely N-dealkylation sites (N-methyl/N-ethyl adjacent to an activating group) is 1. The molecule has 2 rings (SSSR count). The van der Waals surface area contributed by atoms with Crippen LogP contribution in [-0.4, -0.2) is 35.0 Å². The molecule has 1 N–H and O–H groups in total. The van der Waals surface area contributed by atoms with E-state index < -0.39 is 0 Å². The van der Waals surface area contributed by atoms with Crippen LogP contribution in [0, 0.1) is 0 Å². The van der Waals surface area contributed by atoms with E-state index in [0.717, 1.165) is 31.4 Å². The standard InChI is InChI=1S/C19H28N2O2/c1-5-7-19(22)23-16-8-9-17-15(13-20-18(17)12-16)10-11-21(6-2)14(3)4/h8-9,12-14,20H,5-7,10-11H2,1-4H3. The van der Waals surface area contributed by atoms with E-state index in [-0.39, 0.29) is 5.97 Å². The Hall–Kier alpha value is -1.81. The highest BCUT2D eigenvalue weighted by molar-refractivity contribution is 5.85.